The summed E-state index contributed by atoms with van der Waals surface area (Å²) in [5, 5.41) is 2.41. The normalized spacial score (nSPS) is 11.6. The van der Waals surface area contributed by atoms with Gasteiger partial charge in [-0.2, -0.15) is 0 Å². The number of aromatic nitrogens is 4. The maximum absolute atomic E-state index is 5.24. The third-order valence-electron chi connectivity index (χ3n) is 12.3. The molecule has 0 spiro atoms. The average Bonchev–Trinajstić information content (AvgIpc) is 3.69. The van der Waals surface area contributed by atoms with Crippen molar-refractivity contribution in [3.63, 3.8) is 0 Å². The molecule has 0 saturated carbocycles. The molecule has 0 aliphatic rings. The molecule has 0 radical (unpaired) electrons. The van der Waals surface area contributed by atoms with Crippen LogP contribution in [0.4, 0.5) is 0 Å². The predicted molar refractivity (Wildman–Crippen MR) is 264 cm³/mol. The van der Waals surface area contributed by atoms with Gasteiger partial charge < -0.3 is 0 Å². The fraction of sp³-hybridized carbons (Fsp3) is 0.0172. The van der Waals surface area contributed by atoms with Crippen LogP contribution in [0.25, 0.3) is 72.8 Å². The predicted octanol–water partition coefficient (Wildman–Crippen LogP) is 11.3. The van der Waals surface area contributed by atoms with E-state index in [-0.39, 0.29) is 0 Å². The van der Waals surface area contributed by atoms with E-state index >= 15 is 0 Å². The van der Waals surface area contributed by atoms with Crippen LogP contribution in [0.15, 0.2) is 237 Å². The van der Waals surface area contributed by atoms with Gasteiger partial charge >= 0.3 is 305 Å². The van der Waals surface area contributed by atoms with Crippen molar-refractivity contribution in [1.82, 2.24) is 19.5 Å². The number of aryl methyl sites for hydroxylation is 1. The van der Waals surface area contributed by atoms with Gasteiger partial charge in [-0.15, -0.1) is 0 Å². The minimum atomic E-state index is -3.44. The molecule has 0 aliphatic carbocycles. The van der Waals surface area contributed by atoms with E-state index in [0.29, 0.717) is 17.5 Å². The van der Waals surface area contributed by atoms with E-state index in [0.717, 1.165) is 44.5 Å². The zero-order valence-electron chi connectivity index (χ0n) is 34.8. The third-order valence-corrected chi connectivity index (χ3v) is 22.3. The van der Waals surface area contributed by atoms with Crippen molar-refractivity contribution in [2.75, 3.05) is 0 Å². The topological polar surface area (TPSA) is 43.6 Å². The molecule has 298 valence electrons. The Kier molecular flexibility index (Phi) is 9.91. The third kappa shape index (κ3) is 6.86. The summed E-state index contributed by atoms with van der Waals surface area (Å²) in [6, 6.07) is 85.5. The molecule has 9 aromatic carbocycles. The molecule has 0 amide bonds. The van der Waals surface area contributed by atoms with Crippen molar-refractivity contribution >= 4 is 52.7 Å². The van der Waals surface area contributed by atoms with Crippen molar-refractivity contribution in [1.29, 1.82) is 0 Å². The molecule has 4 nitrogen and oxygen atoms in total. The Hall–Kier alpha value is -7.67. The Morgan fingerprint density at radius 1 is 0.333 bits per heavy atom. The summed E-state index contributed by atoms with van der Waals surface area (Å²) in [4.78, 5) is 15.5. The first-order valence-corrected chi connectivity index (χ1v) is 25.6. The van der Waals surface area contributed by atoms with Crippen LogP contribution in [-0.4, -0.2) is 32.8 Å². The van der Waals surface area contributed by atoms with Crippen molar-refractivity contribution in [2.24, 2.45) is 0 Å². The van der Waals surface area contributed by atoms with Gasteiger partial charge in [0.05, 0.1) is 0 Å². The maximum atomic E-state index is 5.24. The molecule has 0 saturated heterocycles. The van der Waals surface area contributed by atoms with Gasteiger partial charge in [-0.05, 0) is 6.92 Å². The fourth-order valence-electron chi connectivity index (χ4n) is 9.34. The van der Waals surface area contributed by atoms with Gasteiger partial charge in [0, 0.05) is 0 Å². The molecule has 11 rings (SSSR count). The number of fused-ring (bicyclic) bond motifs is 3. The number of hydrogen-bond donors (Lipinski definition) is 0. The van der Waals surface area contributed by atoms with Crippen LogP contribution in [0.2, 0.25) is 0 Å². The summed E-state index contributed by atoms with van der Waals surface area (Å²) in [5.74, 6) is 1.88. The minimum absolute atomic E-state index is 0.615. The molecular weight excluding hydrogens is 825 g/mol. The first kappa shape index (κ1) is 38.3. The zero-order valence-corrected chi connectivity index (χ0v) is 36.9. The SMILES string of the molecule is Cc1ccc2c(c1)c1ccccc1n2-c1cc(-c2cc[c]([Ge]([c]3ccccc3)([c]3ccccc3)[c]3ccccc3)cc2)ccc1-c1nc(-c2ccccc2)nc(-c2ccccc2)n1. The summed E-state index contributed by atoms with van der Waals surface area (Å²) >= 11 is -3.44. The average molecular weight is 868 g/mol. The second kappa shape index (κ2) is 16.3. The molecule has 0 aliphatic heterocycles. The van der Waals surface area contributed by atoms with Gasteiger partial charge in [0.2, 0.25) is 0 Å². The van der Waals surface area contributed by atoms with Crippen LogP contribution >= 0.6 is 0 Å². The molecule has 2 aromatic heterocycles. The van der Waals surface area contributed by atoms with Crippen LogP contribution in [0.1, 0.15) is 5.56 Å². The van der Waals surface area contributed by atoms with E-state index in [1.807, 2.05) is 36.4 Å². The monoisotopic (exact) mass is 868 g/mol. The number of rotatable bonds is 9. The molecule has 5 heteroatoms. The first-order valence-electron chi connectivity index (χ1n) is 21.4. The molecule has 0 fully saturated rings. The molecule has 0 bridgehead atoms. The van der Waals surface area contributed by atoms with Gasteiger partial charge in [-0.3, -0.25) is 0 Å². The molecule has 63 heavy (non-hydrogen) atoms. The van der Waals surface area contributed by atoms with Crippen molar-refractivity contribution in [3.8, 4) is 51.0 Å². The van der Waals surface area contributed by atoms with E-state index in [1.165, 1.54) is 33.9 Å². The number of nitrogens with zero attached hydrogens (tertiary/aromatic N) is 4. The Bertz CT molecular complexity index is 3220. The quantitative estimate of drug-likeness (QED) is 0.136. The summed E-state index contributed by atoms with van der Waals surface area (Å²) in [5.41, 5.74) is 9.51. The zero-order chi connectivity index (χ0) is 42.2. The van der Waals surface area contributed by atoms with Crippen LogP contribution in [-0.2, 0) is 0 Å². The van der Waals surface area contributed by atoms with E-state index in [2.05, 4.69) is 212 Å². The van der Waals surface area contributed by atoms with Crippen molar-refractivity contribution in [2.45, 2.75) is 6.92 Å². The first-order chi connectivity index (χ1) is 31.1. The molecule has 0 atom stereocenters. The van der Waals surface area contributed by atoms with Gasteiger partial charge in [-0.25, -0.2) is 0 Å². The molecule has 0 N–H and O–H groups in total. The number of benzene rings is 9. The Morgan fingerprint density at radius 3 is 1.33 bits per heavy atom. The van der Waals surface area contributed by atoms with E-state index in [9.17, 15) is 0 Å². The van der Waals surface area contributed by atoms with Gasteiger partial charge in [0.15, 0.2) is 0 Å². The van der Waals surface area contributed by atoms with Crippen LogP contribution in [0, 0.1) is 6.92 Å². The molecular formula is C58H42GeN4. The van der Waals surface area contributed by atoms with Crippen molar-refractivity contribution in [3.05, 3.63) is 242 Å². The Labute approximate surface area is 370 Å². The summed E-state index contributed by atoms with van der Waals surface area (Å²) in [7, 11) is 0. The summed E-state index contributed by atoms with van der Waals surface area (Å²) in [6.07, 6.45) is 0. The number of hydrogen-bond acceptors (Lipinski definition) is 3. The van der Waals surface area contributed by atoms with Crippen LogP contribution in [0.5, 0.6) is 0 Å². The summed E-state index contributed by atoms with van der Waals surface area (Å²) in [6.45, 7) is 2.16. The van der Waals surface area contributed by atoms with Gasteiger partial charge in [0.25, 0.3) is 0 Å². The standard InChI is InChI=1S/C58H42GeN4/c1-41-31-38-54-52(39-41)50-29-17-18-30-53(50)63(54)55-40-45(34-37-51(55)58-61-56(43-19-7-2-8-20-43)60-57(62-58)44-21-9-3-10-22-44)42-32-35-49(36-33-42)59(46-23-11-4-12-24-46,47-25-13-5-14-26-47)48-27-15-6-16-28-48/h2-40H,1H3. The number of para-hydroxylation sites is 1. The van der Waals surface area contributed by atoms with Crippen LogP contribution in [0.3, 0.4) is 0 Å². The van der Waals surface area contributed by atoms with E-state index < -0.39 is 13.3 Å². The van der Waals surface area contributed by atoms with E-state index in [4.69, 9.17) is 15.0 Å². The second-order valence-corrected chi connectivity index (χ2v) is 24.1. The molecule has 2 heterocycles. The fourth-order valence-corrected chi connectivity index (χ4v) is 19.3. The summed E-state index contributed by atoms with van der Waals surface area (Å²) < 4.78 is 7.98. The van der Waals surface area contributed by atoms with Gasteiger partial charge in [-0.1, -0.05) is 60.7 Å². The Balaban J connectivity index is 1.14. The van der Waals surface area contributed by atoms with E-state index in [1.54, 1.807) is 0 Å². The Morgan fingerprint density at radius 2 is 0.778 bits per heavy atom. The van der Waals surface area contributed by atoms with Crippen LogP contribution < -0.4 is 17.6 Å². The van der Waals surface area contributed by atoms with Gasteiger partial charge in [0.1, 0.15) is 0 Å². The molecule has 11 aromatic rings. The van der Waals surface area contributed by atoms with Crippen molar-refractivity contribution < 1.29 is 0 Å². The second-order valence-electron chi connectivity index (χ2n) is 16.1. The molecule has 0 unspecified atom stereocenters.